The Labute approximate surface area is 122 Å². The van der Waals surface area contributed by atoms with Gasteiger partial charge in [-0.3, -0.25) is 0 Å². The molecule has 1 fully saturated rings. The molecule has 4 nitrogen and oxygen atoms in total. The molecular formula is C13H18BrNO3S. The average Bonchev–Trinajstić information content (AvgIpc) is 2.39. The van der Waals surface area contributed by atoms with E-state index in [1.165, 1.54) is 7.11 Å². The van der Waals surface area contributed by atoms with Crippen LogP contribution in [0.1, 0.15) is 26.2 Å². The molecule has 1 saturated heterocycles. The molecular weight excluding hydrogens is 330 g/mol. The van der Waals surface area contributed by atoms with Crippen molar-refractivity contribution in [3.8, 4) is 5.75 Å². The molecule has 1 atom stereocenters. The van der Waals surface area contributed by atoms with Gasteiger partial charge in [0.25, 0.3) is 0 Å². The number of rotatable bonds is 3. The van der Waals surface area contributed by atoms with Crippen molar-refractivity contribution >= 4 is 26.0 Å². The topological polar surface area (TPSA) is 46.6 Å². The standard InChI is InChI=1S/C13H18BrNO3S/c1-10-5-3-4-8-15(10)19(16,17)13-9-11(14)6-7-12(13)18-2/h6-7,9-10H,3-5,8H2,1-2H3. The molecule has 2 rings (SSSR count). The second-order valence-corrected chi connectivity index (χ2v) is 7.53. The van der Waals surface area contributed by atoms with Crippen molar-refractivity contribution in [1.29, 1.82) is 0 Å². The lowest BCUT2D eigenvalue weighted by molar-refractivity contribution is 0.267. The van der Waals surface area contributed by atoms with Crippen LogP contribution in [0.15, 0.2) is 27.6 Å². The number of piperidine rings is 1. The number of halogens is 1. The van der Waals surface area contributed by atoms with Crippen molar-refractivity contribution in [2.45, 2.75) is 37.1 Å². The van der Waals surface area contributed by atoms with E-state index in [0.717, 1.165) is 23.7 Å². The maximum Gasteiger partial charge on any atom is 0.247 e. The lowest BCUT2D eigenvalue weighted by Crippen LogP contribution is -2.42. The number of benzene rings is 1. The first-order valence-electron chi connectivity index (χ1n) is 6.32. The van der Waals surface area contributed by atoms with Crippen LogP contribution in [0.5, 0.6) is 5.75 Å². The minimum atomic E-state index is -3.50. The zero-order valence-corrected chi connectivity index (χ0v) is 13.5. The van der Waals surface area contributed by atoms with Crippen molar-refractivity contribution in [1.82, 2.24) is 4.31 Å². The Morgan fingerprint density at radius 3 is 2.74 bits per heavy atom. The van der Waals surface area contributed by atoms with E-state index in [9.17, 15) is 8.42 Å². The van der Waals surface area contributed by atoms with Gasteiger partial charge in [-0.25, -0.2) is 8.42 Å². The molecule has 6 heteroatoms. The molecule has 1 aliphatic heterocycles. The second kappa shape index (κ2) is 5.81. The summed E-state index contributed by atoms with van der Waals surface area (Å²) in [6, 6.07) is 5.10. The molecule has 1 aromatic rings. The van der Waals surface area contributed by atoms with Crippen LogP contribution < -0.4 is 4.74 Å². The van der Waals surface area contributed by atoms with Crippen molar-refractivity contribution in [3.63, 3.8) is 0 Å². The number of hydrogen-bond donors (Lipinski definition) is 0. The predicted molar refractivity (Wildman–Crippen MR) is 77.9 cm³/mol. The summed E-state index contributed by atoms with van der Waals surface area (Å²) < 4.78 is 33.0. The normalized spacial score (nSPS) is 21.3. The van der Waals surface area contributed by atoms with Gasteiger partial charge in [-0.15, -0.1) is 0 Å². The van der Waals surface area contributed by atoms with Crippen LogP contribution in [-0.2, 0) is 10.0 Å². The second-order valence-electron chi connectivity index (χ2n) is 4.76. The minimum absolute atomic E-state index is 0.0439. The van der Waals surface area contributed by atoms with E-state index in [1.54, 1.807) is 22.5 Å². The van der Waals surface area contributed by atoms with Gasteiger partial charge in [0.1, 0.15) is 10.6 Å². The summed E-state index contributed by atoms with van der Waals surface area (Å²) in [6.45, 7) is 2.54. The molecule has 0 N–H and O–H groups in total. The lowest BCUT2D eigenvalue weighted by Gasteiger charge is -2.32. The van der Waals surface area contributed by atoms with Crippen molar-refractivity contribution in [2.24, 2.45) is 0 Å². The fraction of sp³-hybridized carbons (Fsp3) is 0.538. The molecule has 0 amide bonds. The summed E-state index contributed by atoms with van der Waals surface area (Å²) in [6.07, 6.45) is 2.91. The Balaban J connectivity index is 2.46. The summed E-state index contributed by atoms with van der Waals surface area (Å²) in [5.74, 6) is 0.390. The van der Waals surface area contributed by atoms with E-state index in [2.05, 4.69) is 15.9 Å². The Morgan fingerprint density at radius 2 is 2.11 bits per heavy atom. The number of sulfonamides is 1. The number of ether oxygens (including phenoxy) is 1. The number of methoxy groups -OCH3 is 1. The maximum absolute atomic E-state index is 12.8. The Morgan fingerprint density at radius 1 is 1.37 bits per heavy atom. The SMILES string of the molecule is COc1ccc(Br)cc1S(=O)(=O)N1CCCCC1C. The molecule has 0 bridgehead atoms. The van der Waals surface area contributed by atoms with Crippen molar-refractivity contribution in [2.75, 3.05) is 13.7 Å². The van der Waals surface area contributed by atoms with E-state index >= 15 is 0 Å². The summed E-state index contributed by atoms with van der Waals surface area (Å²) in [5, 5.41) is 0. The van der Waals surface area contributed by atoms with Crippen LogP contribution in [0.2, 0.25) is 0 Å². The molecule has 0 aliphatic carbocycles. The molecule has 0 radical (unpaired) electrons. The Hall–Kier alpha value is -0.590. The van der Waals surface area contributed by atoms with Crippen LogP contribution in [0, 0.1) is 0 Å². The largest absolute Gasteiger partial charge is 0.495 e. The summed E-state index contributed by atoms with van der Waals surface area (Å²) in [7, 11) is -2.01. The third-order valence-corrected chi connectivity index (χ3v) is 5.98. The fourth-order valence-corrected chi connectivity index (χ4v) is 4.80. The number of nitrogens with zero attached hydrogens (tertiary/aromatic N) is 1. The highest BCUT2D eigenvalue weighted by Crippen LogP contribution is 2.32. The van der Waals surface area contributed by atoms with Crippen LogP contribution in [0.3, 0.4) is 0 Å². The quantitative estimate of drug-likeness (QED) is 0.844. The van der Waals surface area contributed by atoms with Gasteiger partial charge >= 0.3 is 0 Å². The first kappa shape index (κ1) is 14.8. The van der Waals surface area contributed by atoms with Gasteiger partial charge < -0.3 is 4.74 Å². The average molecular weight is 348 g/mol. The van der Waals surface area contributed by atoms with E-state index in [1.807, 2.05) is 6.92 Å². The molecule has 0 saturated carbocycles. The first-order valence-corrected chi connectivity index (χ1v) is 8.55. The highest BCUT2D eigenvalue weighted by atomic mass is 79.9. The van der Waals surface area contributed by atoms with E-state index in [0.29, 0.717) is 12.3 Å². The smallest absolute Gasteiger partial charge is 0.247 e. The minimum Gasteiger partial charge on any atom is -0.495 e. The van der Waals surface area contributed by atoms with Gasteiger partial charge in [-0.1, -0.05) is 22.4 Å². The summed E-state index contributed by atoms with van der Waals surface area (Å²) >= 11 is 3.32. The van der Waals surface area contributed by atoms with Gasteiger partial charge in [0.05, 0.1) is 7.11 Å². The van der Waals surface area contributed by atoms with E-state index in [-0.39, 0.29) is 10.9 Å². The Bertz CT molecular complexity index is 559. The first-order chi connectivity index (χ1) is 8.96. The monoisotopic (exact) mass is 347 g/mol. The molecule has 0 spiro atoms. The molecule has 1 aliphatic rings. The fourth-order valence-electron chi connectivity index (χ4n) is 2.41. The van der Waals surface area contributed by atoms with Crippen LogP contribution in [0.4, 0.5) is 0 Å². The van der Waals surface area contributed by atoms with E-state index in [4.69, 9.17) is 4.74 Å². The molecule has 1 heterocycles. The molecule has 1 aromatic carbocycles. The van der Waals surface area contributed by atoms with Gasteiger partial charge in [0.15, 0.2) is 0 Å². The third-order valence-electron chi connectivity index (χ3n) is 3.45. The lowest BCUT2D eigenvalue weighted by atomic mass is 10.1. The van der Waals surface area contributed by atoms with Gasteiger partial charge in [-0.2, -0.15) is 4.31 Å². The highest BCUT2D eigenvalue weighted by Gasteiger charge is 2.33. The summed E-state index contributed by atoms with van der Waals surface area (Å²) in [5.41, 5.74) is 0. The molecule has 19 heavy (non-hydrogen) atoms. The van der Waals surface area contributed by atoms with Crippen LogP contribution in [-0.4, -0.2) is 32.4 Å². The van der Waals surface area contributed by atoms with Gasteiger partial charge in [-0.05, 0) is 38.0 Å². The number of hydrogen-bond acceptors (Lipinski definition) is 3. The Kier molecular flexibility index (Phi) is 4.53. The maximum atomic E-state index is 12.8. The zero-order valence-electron chi connectivity index (χ0n) is 11.1. The molecule has 1 unspecified atom stereocenters. The van der Waals surface area contributed by atoms with Gasteiger partial charge in [0, 0.05) is 17.1 Å². The van der Waals surface area contributed by atoms with Crippen molar-refractivity contribution in [3.05, 3.63) is 22.7 Å². The van der Waals surface area contributed by atoms with Crippen LogP contribution in [0.25, 0.3) is 0 Å². The molecule has 0 aromatic heterocycles. The van der Waals surface area contributed by atoms with Gasteiger partial charge in [0.2, 0.25) is 10.0 Å². The van der Waals surface area contributed by atoms with Crippen LogP contribution >= 0.6 is 15.9 Å². The highest BCUT2D eigenvalue weighted by molar-refractivity contribution is 9.10. The predicted octanol–water partition coefficient (Wildman–Crippen LogP) is 3.02. The molecule has 106 valence electrons. The van der Waals surface area contributed by atoms with Crippen molar-refractivity contribution < 1.29 is 13.2 Å². The van der Waals surface area contributed by atoms with E-state index < -0.39 is 10.0 Å². The summed E-state index contributed by atoms with van der Waals surface area (Å²) in [4.78, 5) is 0.234. The third kappa shape index (κ3) is 2.95. The zero-order chi connectivity index (χ0) is 14.0.